The van der Waals surface area contributed by atoms with Crippen LogP contribution in [0.2, 0.25) is 0 Å². The van der Waals surface area contributed by atoms with Crippen LogP contribution in [-0.4, -0.2) is 28.0 Å². The summed E-state index contributed by atoms with van der Waals surface area (Å²) in [7, 11) is 0. The van der Waals surface area contributed by atoms with E-state index in [-0.39, 0.29) is 0 Å². The minimum atomic E-state index is -1.02. The Labute approximate surface area is 125 Å². The van der Waals surface area contributed by atoms with Crippen molar-refractivity contribution in [2.45, 2.75) is 32.2 Å². The number of carbonyl (C=O) groups excluding carboxylic acids is 1. The Morgan fingerprint density at radius 1 is 1.52 bits per heavy atom. The van der Waals surface area contributed by atoms with E-state index in [1.807, 2.05) is 6.92 Å². The van der Waals surface area contributed by atoms with Crippen molar-refractivity contribution in [2.75, 3.05) is 0 Å². The molecular formula is C14H16N2O4S. The van der Waals surface area contributed by atoms with E-state index in [1.54, 1.807) is 12.1 Å². The van der Waals surface area contributed by atoms with Gasteiger partial charge in [-0.25, -0.2) is 9.78 Å². The molecule has 21 heavy (non-hydrogen) atoms. The van der Waals surface area contributed by atoms with E-state index in [4.69, 9.17) is 9.52 Å². The number of nitrogens with zero attached hydrogens (tertiary/aromatic N) is 1. The molecule has 1 atom stereocenters. The molecule has 0 aromatic carbocycles. The lowest BCUT2D eigenvalue weighted by atomic mass is 10.1. The van der Waals surface area contributed by atoms with Gasteiger partial charge >= 0.3 is 5.97 Å². The fourth-order valence-corrected chi connectivity index (χ4v) is 2.58. The molecule has 0 aliphatic rings. The molecule has 0 saturated heterocycles. The van der Waals surface area contributed by atoms with Gasteiger partial charge in [0.05, 0.1) is 12.5 Å². The van der Waals surface area contributed by atoms with Gasteiger partial charge in [-0.05, 0) is 18.6 Å². The lowest BCUT2D eigenvalue weighted by Gasteiger charge is -2.12. The number of carboxylic acid groups (broad SMARTS) is 1. The maximum Gasteiger partial charge on any atom is 0.326 e. The third-order valence-electron chi connectivity index (χ3n) is 2.91. The van der Waals surface area contributed by atoms with E-state index >= 15 is 0 Å². The number of thiazole rings is 1. The number of rotatable bonds is 7. The number of amides is 1. The SMILES string of the molecule is CCCC[C@H](NC(=O)c1cnc(-c2ccco2)s1)C(=O)O. The highest BCUT2D eigenvalue weighted by molar-refractivity contribution is 7.16. The van der Waals surface area contributed by atoms with Crippen LogP contribution in [0.15, 0.2) is 29.0 Å². The van der Waals surface area contributed by atoms with Crippen LogP contribution < -0.4 is 5.32 Å². The number of aromatic nitrogens is 1. The van der Waals surface area contributed by atoms with Crippen LogP contribution in [0.3, 0.4) is 0 Å². The number of unbranched alkanes of at least 4 members (excludes halogenated alkanes) is 1. The summed E-state index contributed by atoms with van der Waals surface area (Å²) in [6, 6.07) is 2.62. The summed E-state index contributed by atoms with van der Waals surface area (Å²) >= 11 is 1.17. The van der Waals surface area contributed by atoms with Gasteiger partial charge in [-0.3, -0.25) is 4.79 Å². The van der Waals surface area contributed by atoms with Crippen molar-refractivity contribution in [3.05, 3.63) is 29.5 Å². The molecule has 6 nitrogen and oxygen atoms in total. The second-order valence-electron chi connectivity index (χ2n) is 4.51. The zero-order valence-electron chi connectivity index (χ0n) is 11.5. The molecule has 7 heteroatoms. The number of aliphatic carboxylic acids is 1. The van der Waals surface area contributed by atoms with Crippen LogP contribution in [-0.2, 0) is 4.79 Å². The molecule has 0 radical (unpaired) electrons. The third-order valence-corrected chi connectivity index (χ3v) is 3.92. The van der Waals surface area contributed by atoms with Crippen LogP contribution >= 0.6 is 11.3 Å². The Bertz CT molecular complexity index is 606. The second-order valence-corrected chi connectivity index (χ2v) is 5.54. The Balaban J connectivity index is 2.04. The highest BCUT2D eigenvalue weighted by Gasteiger charge is 2.21. The van der Waals surface area contributed by atoms with Gasteiger partial charge in [-0.1, -0.05) is 19.8 Å². The smallest absolute Gasteiger partial charge is 0.326 e. The number of hydrogen-bond donors (Lipinski definition) is 2. The van der Waals surface area contributed by atoms with Gasteiger partial charge in [-0.15, -0.1) is 11.3 Å². The summed E-state index contributed by atoms with van der Waals surface area (Å²) < 4.78 is 5.21. The summed E-state index contributed by atoms with van der Waals surface area (Å²) in [6.45, 7) is 1.97. The topological polar surface area (TPSA) is 92.4 Å². The van der Waals surface area contributed by atoms with E-state index in [0.29, 0.717) is 22.1 Å². The molecule has 0 unspecified atom stereocenters. The van der Waals surface area contributed by atoms with Gasteiger partial charge in [0.25, 0.3) is 5.91 Å². The fourth-order valence-electron chi connectivity index (χ4n) is 1.79. The van der Waals surface area contributed by atoms with E-state index < -0.39 is 17.9 Å². The Kier molecular flexibility index (Phi) is 5.10. The molecule has 112 valence electrons. The Morgan fingerprint density at radius 3 is 2.95 bits per heavy atom. The lowest BCUT2D eigenvalue weighted by molar-refractivity contribution is -0.139. The molecule has 0 aliphatic heterocycles. The highest BCUT2D eigenvalue weighted by atomic mass is 32.1. The molecule has 2 aromatic rings. The first-order valence-electron chi connectivity index (χ1n) is 6.65. The van der Waals surface area contributed by atoms with Crippen molar-refractivity contribution in [1.82, 2.24) is 10.3 Å². The van der Waals surface area contributed by atoms with Gasteiger partial charge in [0.15, 0.2) is 10.8 Å². The minimum Gasteiger partial charge on any atom is -0.480 e. The fraction of sp³-hybridized carbons (Fsp3) is 0.357. The van der Waals surface area contributed by atoms with Crippen LogP contribution in [0.5, 0.6) is 0 Å². The lowest BCUT2D eigenvalue weighted by Crippen LogP contribution is -2.40. The summed E-state index contributed by atoms with van der Waals surface area (Å²) in [5.41, 5.74) is 0. The van der Waals surface area contributed by atoms with Crippen molar-refractivity contribution in [2.24, 2.45) is 0 Å². The third kappa shape index (κ3) is 3.91. The summed E-state index contributed by atoms with van der Waals surface area (Å²) in [5, 5.41) is 12.2. The first-order chi connectivity index (χ1) is 10.1. The molecule has 2 N–H and O–H groups in total. The van der Waals surface area contributed by atoms with Crippen LogP contribution in [0, 0.1) is 0 Å². The van der Waals surface area contributed by atoms with Gasteiger partial charge in [0.1, 0.15) is 10.9 Å². The van der Waals surface area contributed by atoms with E-state index in [9.17, 15) is 9.59 Å². The van der Waals surface area contributed by atoms with Crippen LogP contribution in [0.25, 0.3) is 10.8 Å². The van der Waals surface area contributed by atoms with Crippen molar-refractivity contribution in [3.8, 4) is 10.8 Å². The number of nitrogens with one attached hydrogen (secondary N) is 1. The molecule has 0 bridgehead atoms. The zero-order chi connectivity index (χ0) is 15.2. The minimum absolute atomic E-state index is 0.365. The number of carboxylic acids is 1. The number of carbonyl (C=O) groups is 2. The monoisotopic (exact) mass is 308 g/mol. The maximum absolute atomic E-state index is 12.1. The average molecular weight is 308 g/mol. The molecule has 0 aliphatic carbocycles. The van der Waals surface area contributed by atoms with Gasteiger partial charge in [-0.2, -0.15) is 0 Å². The Hall–Kier alpha value is -2.15. The Morgan fingerprint density at radius 2 is 2.33 bits per heavy atom. The van der Waals surface area contributed by atoms with Gasteiger partial charge in [0.2, 0.25) is 0 Å². The maximum atomic E-state index is 12.1. The average Bonchev–Trinajstić information content (AvgIpc) is 3.12. The molecule has 0 saturated carbocycles. The number of hydrogen-bond acceptors (Lipinski definition) is 5. The van der Waals surface area contributed by atoms with Crippen molar-refractivity contribution in [1.29, 1.82) is 0 Å². The normalized spacial score (nSPS) is 12.0. The summed E-state index contributed by atoms with van der Waals surface area (Å²) in [4.78, 5) is 27.7. The van der Waals surface area contributed by atoms with Crippen molar-refractivity contribution >= 4 is 23.2 Å². The largest absolute Gasteiger partial charge is 0.480 e. The molecule has 1 amide bonds. The van der Waals surface area contributed by atoms with Crippen molar-refractivity contribution < 1.29 is 19.1 Å². The molecule has 0 fully saturated rings. The molecule has 2 aromatic heterocycles. The first-order valence-corrected chi connectivity index (χ1v) is 7.46. The molecule has 0 spiro atoms. The summed E-state index contributed by atoms with van der Waals surface area (Å²) in [5.74, 6) is -0.860. The summed E-state index contributed by atoms with van der Waals surface area (Å²) in [6.07, 6.45) is 5.00. The van der Waals surface area contributed by atoms with E-state index in [2.05, 4.69) is 10.3 Å². The highest BCUT2D eigenvalue weighted by Crippen LogP contribution is 2.25. The van der Waals surface area contributed by atoms with Crippen LogP contribution in [0.4, 0.5) is 0 Å². The predicted molar refractivity (Wildman–Crippen MR) is 78.2 cm³/mol. The second kappa shape index (κ2) is 7.03. The molecule has 2 rings (SSSR count). The number of furan rings is 1. The van der Waals surface area contributed by atoms with E-state index in [1.165, 1.54) is 23.8 Å². The van der Waals surface area contributed by atoms with Crippen LogP contribution in [0.1, 0.15) is 35.9 Å². The predicted octanol–water partition coefficient (Wildman–Crippen LogP) is 2.78. The quantitative estimate of drug-likeness (QED) is 0.820. The first kappa shape index (κ1) is 15.2. The van der Waals surface area contributed by atoms with E-state index in [0.717, 1.165) is 12.8 Å². The molecule has 2 heterocycles. The zero-order valence-corrected chi connectivity index (χ0v) is 12.4. The van der Waals surface area contributed by atoms with Gasteiger partial charge in [0, 0.05) is 0 Å². The standard InChI is InChI=1S/C14H16N2O4S/c1-2-3-5-9(14(18)19)16-12(17)11-8-15-13(21-11)10-6-4-7-20-10/h4,6-9H,2-3,5H2,1H3,(H,16,17)(H,18,19)/t9-/m0/s1. The molecular weight excluding hydrogens is 292 g/mol. The van der Waals surface area contributed by atoms with Gasteiger partial charge < -0.3 is 14.8 Å². The van der Waals surface area contributed by atoms with Crippen molar-refractivity contribution in [3.63, 3.8) is 0 Å².